The van der Waals surface area contributed by atoms with E-state index in [1.165, 1.54) is 18.2 Å². The van der Waals surface area contributed by atoms with Crippen LogP contribution in [0.1, 0.15) is 12.0 Å². The molecule has 1 unspecified atom stereocenters. The number of phenols is 1. The molecule has 1 heterocycles. The number of ether oxygens (including phenoxy) is 1. The van der Waals surface area contributed by atoms with Crippen LogP contribution in [-0.2, 0) is 11.3 Å². The van der Waals surface area contributed by atoms with Crippen LogP contribution in [0.25, 0.3) is 0 Å². The lowest BCUT2D eigenvalue weighted by atomic mass is 10.1. The summed E-state index contributed by atoms with van der Waals surface area (Å²) in [4.78, 5) is 0. The van der Waals surface area contributed by atoms with Gasteiger partial charge in [0, 0.05) is 24.8 Å². The van der Waals surface area contributed by atoms with Gasteiger partial charge in [0.1, 0.15) is 11.6 Å². The topological polar surface area (TPSA) is 41.5 Å². The second-order valence-corrected chi connectivity index (χ2v) is 3.71. The summed E-state index contributed by atoms with van der Waals surface area (Å²) in [6, 6.07) is 4.28. The molecule has 1 saturated heterocycles. The highest BCUT2D eigenvalue weighted by Gasteiger charge is 2.15. The molecule has 0 aromatic heterocycles. The highest BCUT2D eigenvalue weighted by atomic mass is 19.1. The van der Waals surface area contributed by atoms with Crippen molar-refractivity contribution in [1.29, 1.82) is 0 Å². The van der Waals surface area contributed by atoms with Crippen molar-refractivity contribution in [2.24, 2.45) is 0 Å². The first kappa shape index (κ1) is 10.4. The molecular formula is C11H14FNO2. The first-order valence-corrected chi connectivity index (χ1v) is 5.04. The van der Waals surface area contributed by atoms with Gasteiger partial charge in [-0.1, -0.05) is 0 Å². The van der Waals surface area contributed by atoms with Gasteiger partial charge in [-0.15, -0.1) is 0 Å². The molecule has 1 fully saturated rings. The predicted octanol–water partition coefficient (Wildman–Crippen LogP) is 1.41. The minimum absolute atomic E-state index is 0.128. The zero-order valence-corrected chi connectivity index (χ0v) is 8.37. The Balaban J connectivity index is 1.94. The molecule has 0 bridgehead atoms. The van der Waals surface area contributed by atoms with Crippen LogP contribution in [0.15, 0.2) is 18.2 Å². The summed E-state index contributed by atoms with van der Waals surface area (Å²) in [7, 11) is 0. The van der Waals surface area contributed by atoms with Crippen LogP contribution >= 0.6 is 0 Å². The van der Waals surface area contributed by atoms with E-state index >= 15 is 0 Å². The minimum Gasteiger partial charge on any atom is -0.508 e. The molecule has 1 aliphatic rings. The number of hydrogen-bond acceptors (Lipinski definition) is 3. The van der Waals surface area contributed by atoms with Gasteiger partial charge in [-0.25, -0.2) is 4.39 Å². The Morgan fingerprint density at radius 3 is 3.13 bits per heavy atom. The van der Waals surface area contributed by atoms with Crippen LogP contribution in [0.2, 0.25) is 0 Å². The Morgan fingerprint density at radius 2 is 2.40 bits per heavy atom. The molecule has 0 amide bonds. The monoisotopic (exact) mass is 211 g/mol. The third kappa shape index (κ3) is 2.67. The lowest BCUT2D eigenvalue weighted by Gasteiger charge is -2.11. The predicted molar refractivity (Wildman–Crippen MR) is 54.1 cm³/mol. The zero-order valence-electron chi connectivity index (χ0n) is 8.37. The average Bonchev–Trinajstić information content (AvgIpc) is 2.72. The Kier molecular flexibility index (Phi) is 3.18. The maximum Gasteiger partial charge on any atom is 0.123 e. The van der Waals surface area contributed by atoms with Gasteiger partial charge in [-0.2, -0.15) is 0 Å². The van der Waals surface area contributed by atoms with Crippen molar-refractivity contribution in [1.82, 2.24) is 5.32 Å². The summed E-state index contributed by atoms with van der Waals surface area (Å²) in [6.07, 6.45) is 0.968. The van der Waals surface area contributed by atoms with Gasteiger partial charge in [-0.05, 0) is 24.6 Å². The van der Waals surface area contributed by atoms with Crippen molar-refractivity contribution in [2.75, 3.05) is 13.2 Å². The highest BCUT2D eigenvalue weighted by molar-refractivity contribution is 5.32. The molecule has 15 heavy (non-hydrogen) atoms. The molecule has 0 saturated carbocycles. The summed E-state index contributed by atoms with van der Waals surface area (Å²) in [5.74, 6) is -0.199. The number of nitrogens with one attached hydrogen (secondary N) is 1. The molecule has 1 aromatic rings. The van der Waals surface area contributed by atoms with E-state index in [-0.39, 0.29) is 11.6 Å². The van der Waals surface area contributed by atoms with E-state index in [1.807, 2.05) is 0 Å². The third-order valence-corrected chi connectivity index (χ3v) is 2.55. The van der Waals surface area contributed by atoms with Crippen molar-refractivity contribution in [3.05, 3.63) is 29.6 Å². The van der Waals surface area contributed by atoms with Crippen LogP contribution in [0.5, 0.6) is 5.75 Å². The van der Waals surface area contributed by atoms with E-state index in [0.717, 1.165) is 13.0 Å². The van der Waals surface area contributed by atoms with Crippen LogP contribution in [0, 0.1) is 5.82 Å². The molecule has 3 nitrogen and oxygen atoms in total. The largest absolute Gasteiger partial charge is 0.508 e. The molecule has 2 rings (SSSR count). The number of halogens is 1. The molecular weight excluding hydrogens is 197 g/mol. The second-order valence-electron chi connectivity index (χ2n) is 3.71. The number of rotatable bonds is 3. The maximum absolute atomic E-state index is 12.9. The molecule has 1 aromatic carbocycles. The van der Waals surface area contributed by atoms with E-state index in [2.05, 4.69) is 5.32 Å². The lowest BCUT2D eigenvalue weighted by Crippen LogP contribution is -2.28. The third-order valence-electron chi connectivity index (χ3n) is 2.55. The SMILES string of the molecule is Oc1ccc(F)cc1CNC1CCOC1. The molecule has 4 heteroatoms. The van der Waals surface area contributed by atoms with Gasteiger partial charge in [-0.3, -0.25) is 0 Å². The summed E-state index contributed by atoms with van der Waals surface area (Å²) < 4.78 is 18.1. The number of benzene rings is 1. The van der Waals surface area contributed by atoms with Gasteiger partial charge >= 0.3 is 0 Å². The molecule has 1 atom stereocenters. The standard InChI is InChI=1S/C11H14FNO2/c12-9-1-2-11(14)8(5-9)6-13-10-3-4-15-7-10/h1-2,5,10,13-14H,3-4,6-7H2. The quantitative estimate of drug-likeness (QED) is 0.794. The first-order valence-electron chi connectivity index (χ1n) is 5.04. The summed E-state index contributed by atoms with van der Waals surface area (Å²) in [5, 5.41) is 12.7. The molecule has 0 radical (unpaired) electrons. The van der Waals surface area contributed by atoms with Crippen LogP contribution in [-0.4, -0.2) is 24.4 Å². The molecule has 0 spiro atoms. The average molecular weight is 211 g/mol. The summed E-state index contributed by atoms with van der Waals surface area (Å²) in [5.41, 5.74) is 0.585. The fourth-order valence-electron chi connectivity index (χ4n) is 1.65. The zero-order chi connectivity index (χ0) is 10.7. The van der Waals surface area contributed by atoms with Crippen LogP contribution < -0.4 is 5.32 Å². The Bertz CT molecular complexity index is 337. The number of phenolic OH excluding ortho intramolecular Hbond substituents is 1. The van der Waals surface area contributed by atoms with Crippen LogP contribution in [0.3, 0.4) is 0 Å². The van der Waals surface area contributed by atoms with Crippen molar-refractivity contribution >= 4 is 0 Å². The summed E-state index contributed by atoms with van der Waals surface area (Å²) in [6.45, 7) is 1.93. The Morgan fingerprint density at radius 1 is 1.53 bits per heavy atom. The van der Waals surface area contributed by atoms with E-state index in [1.54, 1.807) is 0 Å². The Labute approximate surface area is 87.9 Å². The first-order chi connectivity index (χ1) is 7.25. The molecule has 2 N–H and O–H groups in total. The normalized spacial score (nSPS) is 20.7. The van der Waals surface area contributed by atoms with Crippen molar-refractivity contribution in [3.8, 4) is 5.75 Å². The van der Waals surface area contributed by atoms with Gasteiger partial charge in [0.15, 0.2) is 0 Å². The van der Waals surface area contributed by atoms with Crippen molar-refractivity contribution in [3.63, 3.8) is 0 Å². The fourth-order valence-corrected chi connectivity index (χ4v) is 1.65. The van der Waals surface area contributed by atoms with E-state index in [0.29, 0.717) is 24.8 Å². The number of aromatic hydroxyl groups is 1. The fraction of sp³-hybridized carbons (Fsp3) is 0.455. The number of hydrogen-bond donors (Lipinski definition) is 2. The minimum atomic E-state index is -0.327. The highest BCUT2D eigenvalue weighted by Crippen LogP contribution is 2.18. The van der Waals surface area contributed by atoms with Gasteiger partial charge < -0.3 is 15.2 Å². The molecule has 1 aliphatic heterocycles. The van der Waals surface area contributed by atoms with Crippen LogP contribution in [0.4, 0.5) is 4.39 Å². The molecule has 0 aliphatic carbocycles. The maximum atomic E-state index is 12.9. The van der Waals surface area contributed by atoms with Gasteiger partial charge in [0.25, 0.3) is 0 Å². The van der Waals surface area contributed by atoms with E-state index in [9.17, 15) is 9.50 Å². The Hall–Kier alpha value is -1.13. The van der Waals surface area contributed by atoms with Gasteiger partial charge in [0.05, 0.1) is 6.61 Å². The van der Waals surface area contributed by atoms with Crippen molar-refractivity contribution < 1.29 is 14.2 Å². The lowest BCUT2D eigenvalue weighted by molar-refractivity contribution is 0.189. The van der Waals surface area contributed by atoms with E-state index < -0.39 is 0 Å². The summed E-state index contributed by atoms with van der Waals surface area (Å²) >= 11 is 0. The smallest absolute Gasteiger partial charge is 0.123 e. The van der Waals surface area contributed by atoms with Gasteiger partial charge in [0.2, 0.25) is 0 Å². The van der Waals surface area contributed by atoms with E-state index in [4.69, 9.17) is 4.74 Å². The molecule has 82 valence electrons. The van der Waals surface area contributed by atoms with Crippen molar-refractivity contribution in [2.45, 2.75) is 19.0 Å². The second kappa shape index (κ2) is 4.59.